The fourth-order valence-electron chi connectivity index (χ4n) is 3.28. The first kappa shape index (κ1) is 16.4. The Morgan fingerprint density at radius 1 is 1.29 bits per heavy atom. The quantitative estimate of drug-likeness (QED) is 0.752. The van der Waals surface area contributed by atoms with Crippen molar-refractivity contribution < 1.29 is 14.4 Å². The van der Waals surface area contributed by atoms with Gasteiger partial charge in [0.2, 0.25) is 17.7 Å². The van der Waals surface area contributed by atoms with Crippen LogP contribution in [0.3, 0.4) is 0 Å². The van der Waals surface area contributed by atoms with Crippen molar-refractivity contribution in [2.45, 2.75) is 31.5 Å². The highest BCUT2D eigenvalue weighted by atomic mass is 16.2. The lowest BCUT2D eigenvalue weighted by Crippen LogP contribution is -2.70. The van der Waals surface area contributed by atoms with Crippen molar-refractivity contribution in [2.75, 3.05) is 19.6 Å². The average molecular weight is 330 g/mol. The molecular weight excluding hydrogens is 308 g/mol. The van der Waals surface area contributed by atoms with Crippen LogP contribution in [0.4, 0.5) is 0 Å². The number of amides is 3. The van der Waals surface area contributed by atoms with E-state index in [4.69, 9.17) is 5.73 Å². The lowest BCUT2D eigenvalue weighted by atomic mass is 9.98. The Hall–Kier alpha value is -2.41. The van der Waals surface area contributed by atoms with Gasteiger partial charge in [0, 0.05) is 19.5 Å². The molecule has 2 fully saturated rings. The molecule has 0 bridgehead atoms. The third-order valence-electron chi connectivity index (χ3n) is 4.56. The highest BCUT2D eigenvalue weighted by Gasteiger charge is 2.44. The van der Waals surface area contributed by atoms with Gasteiger partial charge in [0.1, 0.15) is 12.1 Å². The van der Waals surface area contributed by atoms with E-state index in [1.807, 2.05) is 30.3 Å². The summed E-state index contributed by atoms with van der Waals surface area (Å²) in [6.07, 6.45) is 0.469. The maximum Gasteiger partial charge on any atom is 0.246 e. The first-order valence-electron chi connectivity index (χ1n) is 8.16. The summed E-state index contributed by atoms with van der Waals surface area (Å²) < 4.78 is 0. The van der Waals surface area contributed by atoms with Crippen LogP contribution in [0.25, 0.3) is 0 Å². The molecule has 1 aromatic carbocycles. The smallest absolute Gasteiger partial charge is 0.246 e. The minimum atomic E-state index is -0.624. The van der Waals surface area contributed by atoms with Crippen LogP contribution < -0.4 is 11.1 Å². The average Bonchev–Trinajstić information content (AvgIpc) is 2.59. The third kappa shape index (κ3) is 3.12. The lowest BCUT2D eigenvalue weighted by molar-refractivity contribution is -0.155. The summed E-state index contributed by atoms with van der Waals surface area (Å²) in [4.78, 5) is 40.3. The number of carbonyl (C=O) groups excluding carboxylic acids is 3. The number of hydrogen-bond donors (Lipinski definition) is 2. The number of nitrogens with two attached hydrogens (primary N) is 1. The molecule has 3 rings (SSSR count). The van der Waals surface area contributed by atoms with Crippen molar-refractivity contribution in [3.8, 4) is 0 Å². The number of benzene rings is 1. The third-order valence-corrected chi connectivity index (χ3v) is 4.56. The summed E-state index contributed by atoms with van der Waals surface area (Å²) in [5, 5.41) is 2.80. The zero-order valence-corrected chi connectivity index (χ0v) is 13.6. The van der Waals surface area contributed by atoms with Crippen LogP contribution in [0.2, 0.25) is 0 Å². The van der Waals surface area contributed by atoms with Gasteiger partial charge in [-0.25, -0.2) is 0 Å². The predicted molar refractivity (Wildman–Crippen MR) is 87.8 cm³/mol. The molecule has 0 unspecified atom stereocenters. The van der Waals surface area contributed by atoms with Gasteiger partial charge in [0.15, 0.2) is 0 Å². The van der Waals surface area contributed by atoms with Crippen molar-refractivity contribution in [1.82, 2.24) is 15.1 Å². The second-order valence-corrected chi connectivity index (χ2v) is 6.37. The molecule has 0 spiro atoms. The van der Waals surface area contributed by atoms with E-state index in [0.29, 0.717) is 19.5 Å². The molecule has 2 aliphatic rings. The molecule has 7 heteroatoms. The molecule has 1 aromatic rings. The second kappa shape index (κ2) is 6.60. The van der Waals surface area contributed by atoms with E-state index in [0.717, 1.165) is 5.56 Å². The highest BCUT2D eigenvalue weighted by molar-refractivity contribution is 5.98. The van der Waals surface area contributed by atoms with Gasteiger partial charge in [-0.15, -0.1) is 0 Å². The monoisotopic (exact) mass is 330 g/mol. The standard InChI is InChI=1S/C17H22N4O3/c1-11(18)16(23)20-7-8-21-14(10-20)15(22)19-13(17(21)24)9-12-5-3-2-4-6-12/h2-6,11,13-14H,7-10,18H2,1H3,(H,19,22)/t11-,13+,14+/m0/s1. The normalized spacial score (nSPS) is 25.1. The molecule has 2 heterocycles. The largest absolute Gasteiger partial charge is 0.342 e. The Morgan fingerprint density at radius 2 is 2.00 bits per heavy atom. The van der Waals surface area contributed by atoms with Crippen molar-refractivity contribution in [2.24, 2.45) is 5.73 Å². The van der Waals surface area contributed by atoms with Gasteiger partial charge in [-0.05, 0) is 12.5 Å². The van der Waals surface area contributed by atoms with E-state index in [1.165, 1.54) is 0 Å². The Kier molecular flexibility index (Phi) is 4.53. The van der Waals surface area contributed by atoms with Gasteiger partial charge in [0.25, 0.3) is 0 Å². The molecular formula is C17H22N4O3. The Balaban J connectivity index is 1.71. The SMILES string of the molecule is C[C@H](N)C(=O)N1CCN2C(=O)[C@@H](Cc3ccccc3)NC(=O)[C@H]2C1. The number of carbonyl (C=O) groups is 3. The molecule has 2 aliphatic heterocycles. The Labute approximate surface area is 140 Å². The zero-order valence-electron chi connectivity index (χ0n) is 13.6. The van der Waals surface area contributed by atoms with Gasteiger partial charge in [-0.3, -0.25) is 14.4 Å². The van der Waals surface area contributed by atoms with Crippen molar-refractivity contribution in [1.29, 1.82) is 0 Å². The number of nitrogens with one attached hydrogen (secondary N) is 1. The molecule has 2 saturated heterocycles. The van der Waals surface area contributed by atoms with E-state index in [1.54, 1.807) is 16.7 Å². The van der Waals surface area contributed by atoms with Crippen molar-refractivity contribution >= 4 is 17.7 Å². The van der Waals surface area contributed by atoms with E-state index >= 15 is 0 Å². The molecule has 128 valence electrons. The fraction of sp³-hybridized carbons (Fsp3) is 0.471. The van der Waals surface area contributed by atoms with Crippen LogP contribution >= 0.6 is 0 Å². The maximum atomic E-state index is 12.7. The molecule has 3 N–H and O–H groups in total. The van der Waals surface area contributed by atoms with Crippen LogP contribution in [0.1, 0.15) is 12.5 Å². The van der Waals surface area contributed by atoms with E-state index in [2.05, 4.69) is 5.32 Å². The number of fused-ring (bicyclic) bond motifs is 1. The topological polar surface area (TPSA) is 95.7 Å². The highest BCUT2D eigenvalue weighted by Crippen LogP contribution is 2.18. The molecule has 0 saturated carbocycles. The van der Waals surface area contributed by atoms with Crippen LogP contribution in [-0.2, 0) is 20.8 Å². The van der Waals surface area contributed by atoms with Crippen LogP contribution in [0.5, 0.6) is 0 Å². The summed E-state index contributed by atoms with van der Waals surface area (Å²) >= 11 is 0. The van der Waals surface area contributed by atoms with Crippen LogP contribution in [-0.4, -0.2) is 65.3 Å². The van der Waals surface area contributed by atoms with Crippen molar-refractivity contribution in [3.05, 3.63) is 35.9 Å². The summed E-state index contributed by atoms with van der Waals surface area (Å²) in [5.41, 5.74) is 6.63. The van der Waals surface area contributed by atoms with Gasteiger partial charge < -0.3 is 20.9 Å². The molecule has 3 atom stereocenters. The summed E-state index contributed by atoms with van der Waals surface area (Å²) in [6.45, 7) is 2.60. The maximum absolute atomic E-state index is 12.7. The lowest BCUT2D eigenvalue weighted by Gasteiger charge is -2.45. The molecule has 0 aromatic heterocycles. The minimum Gasteiger partial charge on any atom is -0.342 e. The number of piperazine rings is 2. The number of rotatable bonds is 3. The summed E-state index contributed by atoms with van der Waals surface area (Å²) in [6, 6.07) is 7.82. The van der Waals surface area contributed by atoms with Gasteiger partial charge >= 0.3 is 0 Å². The predicted octanol–water partition coefficient (Wildman–Crippen LogP) is -0.886. The Morgan fingerprint density at radius 3 is 2.67 bits per heavy atom. The van der Waals surface area contributed by atoms with Gasteiger partial charge in [-0.2, -0.15) is 0 Å². The zero-order chi connectivity index (χ0) is 17.3. The van der Waals surface area contributed by atoms with Gasteiger partial charge in [0.05, 0.1) is 12.6 Å². The van der Waals surface area contributed by atoms with E-state index < -0.39 is 18.1 Å². The first-order valence-corrected chi connectivity index (χ1v) is 8.16. The number of nitrogens with zero attached hydrogens (tertiary/aromatic N) is 2. The van der Waals surface area contributed by atoms with Crippen molar-refractivity contribution in [3.63, 3.8) is 0 Å². The molecule has 0 aliphatic carbocycles. The summed E-state index contributed by atoms with van der Waals surface area (Å²) in [5.74, 6) is -0.490. The molecule has 0 radical (unpaired) electrons. The van der Waals surface area contributed by atoms with E-state index in [-0.39, 0.29) is 24.3 Å². The first-order chi connectivity index (χ1) is 11.5. The second-order valence-electron chi connectivity index (χ2n) is 6.37. The number of hydrogen-bond acceptors (Lipinski definition) is 4. The summed E-state index contributed by atoms with van der Waals surface area (Å²) in [7, 11) is 0. The van der Waals surface area contributed by atoms with Gasteiger partial charge in [-0.1, -0.05) is 30.3 Å². The van der Waals surface area contributed by atoms with E-state index in [9.17, 15) is 14.4 Å². The fourth-order valence-corrected chi connectivity index (χ4v) is 3.28. The Bertz CT molecular complexity index is 646. The minimum absolute atomic E-state index is 0.0867. The van der Waals surface area contributed by atoms with Crippen LogP contribution in [0, 0.1) is 0 Å². The molecule has 3 amide bonds. The van der Waals surface area contributed by atoms with Crippen LogP contribution in [0.15, 0.2) is 30.3 Å². The molecule has 24 heavy (non-hydrogen) atoms. The molecule has 7 nitrogen and oxygen atoms in total.